The molecule has 0 spiro atoms. The third-order valence-corrected chi connectivity index (χ3v) is 0. The van der Waals surface area contributed by atoms with Crippen LogP contribution in [0.5, 0.6) is 0 Å². The average molecular weight is 837 g/mol. The molecule has 0 saturated carbocycles. The quantitative estimate of drug-likeness (QED) is 0.168. The second-order valence-electron chi connectivity index (χ2n) is 0. The van der Waals surface area contributed by atoms with Gasteiger partial charge in [-0.05, 0) is 0 Å². The van der Waals surface area contributed by atoms with Crippen LogP contribution >= 0.6 is 0 Å². The van der Waals surface area contributed by atoms with E-state index in [1.54, 1.807) is 0 Å². The molecule has 8 heteroatoms. The molecule has 1 radical (unpaired) electrons. The Balaban J connectivity index is 0. The number of rotatable bonds is 0. The van der Waals surface area contributed by atoms with Crippen molar-refractivity contribution >= 4 is 0 Å². The minimum Gasteiger partial charge on any atom is -1.00 e. The minimum atomic E-state index is 0. The second kappa shape index (κ2) is 49.8. The zero-order chi connectivity index (χ0) is 0. The summed E-state index contributed by atoms with van der Waals surface area (Å²) >= 11 is 0. The summed E-state index contributed by atoms with van der Waals surface area (Å²) in [5, 5.41) is 0. The first kappa shape index (κ1) is 62.3. The van der Waals surface area contributed by atoms with Gasteiger partial charge in [0.2, 0.25) is 0 Å². The summed E-state index contributed by atoms with van der Waals surface area (Å²) < 4.78 is 0. The number of hydrogen-bond donors (Lipinski definition) is 0. The summed E-state index contributed by atoms with van der Waals surface area (Å²) in [6.45, 7) is 0. The van der Waals surface area contributed by atoms with E-state index in [0.717, 1.165) is 0 Å². The first-order valence-corrected chi connectivity index (χ1v) is 0. The zero-order valence-electron chi connectivity index (χ0n) is 3.54. The molecular weight excluding hydrogens is 837 g/mol. The molecule has 0 aromatic carbocycles. The van der Waals surface area contributed by atoms with Gasteiger partial charge < -0.3 is 120 Å². The minimum absolute atomic E-state index is 0. The van der Waals surface area contributed by atoms with Crippen molar-refractivity contribution in [2.24, 2.45) is 0 Å². The van der Waals surface area contributed by atoms with E-state index in [9.17, 15) is 0 Å². The Morgan fingerprint density at radius 2 is 0.500 bits per heavy atom. The van der Waals surface area contributed by atoms with Gasteiger partial charge in [0.1, 0.15) is 0 Å². The Labute approximate surface area is 204 Å². The van der Waals surface area contributed by atoms with Crippen LogP contribution < -0.4 is 171 Å². The van der Waals surface area contributed by atoms with Gasteiger partial charge in [-0.25, -0.2) is 0 Å². The number of halogens is 5. The van der Waals surface area contributed by atoms with E-state index in [1.165, 1.54) is 0 Å². The van der Waals surface area contributed by atoms with Crippen molar-refractivity contribution in [3.63, 3.8) is 0 Å². The van der Waals surface area contributed by atoms with Gasteiger partial charge in [-0.2, -0.15) is 0 Å². The fraction of sp³-hybridized carbons (Fsp3) is 0. The van der Waals surface area contributed by atoms with Gasteiger partial charge in [0, 0.05) is 0 Å². The summed E-state index contributed by atoms with van der Waals surface area (Å²) in [7, 11) is 0. The van der Waals surface area contributed by atoms with E-state index in [0.29, 0.717) is 0 Å². The van der Waals surface area contributed by atoms with Gasteiger partial charge in [-0.3, -0.25) is 0 Å². The van der Waals surface area contributed by atoms with Crippen LogP contribution in [0.4, 0.5) is 0 Å². The van der Waals surface area contributed by atoms with Crippen molar-refractivity contribution < 1.29 is 211 Å². The Bertz CT molecular complexity index is 12.4. The topological polar surface area (TPSA) is 0 Å². The van der Waals surface area contributed by atoms with Crippen LogP contribution in [0.3, 0.4) is 0 Å². The van der Waals surface area contributed by atoms with Crippen LogP contribution in [-0.2, 0) is 39.4 Å². The van der Waals surface area contributed by atoms with Gasteiger partial charge in [0.05, 0.1) is 0 Å². The molecule has 0 bridgehead atoms. The molecule has 0 unspecified atom stereocenters. The van der Waals surface area contributed by atoms with Crippen LogP contribution in [0.25, 0.3) is 0 Å². The molecule has 0 heterocycles. The number of hydrogen-bond acceptors (Lipinski definition) is 0. The maximum atomic E-state index is 0. The molecule has 0 amide bonds. The van der Waals surface area contributed by atoms with Gasteiger partial charge in [0.25, 0.3) is 0 Å². The van der Waals surface area contributed by atoms with Crippen molar-refractivity contribution in [2.45, 2.75) is 0 Å². The molecule has 0 nitrogen and oxygen atoms in total. The second-order valence-corrected chi connectivity index (χ2v) is 0. The van der Waals surface area contributed by atoms with Gasteiger partial charge >= 0.3 is 90.8 Å². The van der Waals surface area contributed by atoms with Crippen LogP contribution in [0, 0.1) is 0 Å². The monoisotopic (exact) mass is 836 g/mol. The summed E-state index contributed by atoms with van der Waals surface area (Å²) in [6, 6.07) is 0. The molecule has 0 aromatic rings. The Morgan fingerprint density at radius 1 is 0.500 bits per heavy atom. The molecule has 55 valence electrons. The molecule has 8 heavy (non-hydrogen) atoms. The predicted octanol–water partition coefficient (Wildman–Crippen LogP) is -18.0. The first-order chi connectivity index (χ1) is 0. The first-order valence-electron chi connectivity index (χ1n) is 0. The average Bonchev–Trinajstić information content (AvgIpc) is 0. The predicted molar refractivity (Wildman–Crippen MR) is 0 cm³/mol. The molecule has 0 atom stereocenters. The maximum Gasteiger partial charge on any atom is 3.00 e. The standard InChI is InChI=1S/Ag.Fe.5HI.K/h;;5*1H;/q+1;+3;;;;;;+1/p-5. The normalized spacial score (nSPS) is 0. The molecule has 0 aromatic heterocycles. The summed E-state index contributed by atoms with van der Waals surface area (Å²) in [5.41, 5.74) is 0. The maximum absolute atomic E-state index is 0. The smallest absolute Gasteiger partial charge is 1.00 e. The van der Waals surface area contributed by atoms with E-state index < -0.39 is 0 Å². The summed E-state index contributed by atoms with van der Waals surface area (Å²) in [4.78, 5) is 0. The molecule has 0 aliphatic carbocycles. The SMILES string of the molecule is [Ag+].[Fe+3].[I-].[I-].[I-].[I-].[I-].[K+]. The molecule has 0 N–H and O–H groups in total. The summed E-state index contributed by atoms with van der Waals surface area (Å²) in [6.07, 6.45) is 0. The van der Waals surface area contributed by atoms with Gasteiger partial charge in [-0.15, -0.1) is 0 Å². The van der Waals surface area contributed by atoms with E-state index in [2.05, 4.69) is 0 Å². The third kappa shape index (κ3) is 39.0. The van der Waals surface area contributed by atoms with Crippen molar-refractivity contribution in [1.82, 2.24) is 0 Å². The van der Waals surface area contributed by atoms with E-state index in [1.807, 2.05) is 0 Å². The molecular formula is AgFeI5K. The molecule has 0 fully saturated rings. The van der Waals surface area contributed by atoms with Crippen molar-refractivity contribution in [2.75, 3.05) is 0 Å². The molecule has 0 aliphatic rings. The molecule has 0 rings (SSSR count). The molecule has 0 saturated heterocycles. The fourth-order valence-electron chi connectivity index (χ4n) is 0. The van der Waals surface area contributed by atoms with E-state index >= 15 is 0 Å². The molecule has 0 aliphatic heterocycles. The van der Waals surface area contributed by atoms with Crippen LogP contribution in [-0.4, -0.2) is 0 Å². The summed E-state index contributed by atoms with van der Waals surface area (Å²) in [5.74, 6) is 0. The Morgan fingerprint density at radius 3 is 0.500 bits per heavy atom. The van der Waals surface area contributed by atoms with Gasteiger partial charge in [-0.1, -0.05) is 0 Å². The Hall–Kier alpha value is 6.55. The van der Waals surface area contributed by atoms with Crippen molar-refractivity contribution in [3.05, 3.63) is 0 Å². The van der Waals surface area contributed by atoms with Crippen molar-refractivity contribution in [3.8, 4) is 0 Å². The van der Waals surface area contributed by atoms with Crippen molar-refractivity contribution in [1.29, 1.82) is 0 Å². The largest absolute Gasteiger partial charge is 3.00 e. The van der Waals surface area contributed by atoms with E-state index in [4.69, 9.17) is 0 Å². The Kier molecular flexibility index (Phi) is 387. The fourth-order valence-corrected chi connectivity index (χ4v) is 0. The third-order valence-electron chi connectivity index (χ3n) is 0. The van der Waals surface area contributed by atoms with Gasteiger partial charge in [0.15, 0.2) is 0 Å². The van der Waals surface area contributed by atoms with Crippen LogP contribution in [0.2, 0.25) is 0 Å². The van der Waals surface area contributed by atoms with Crippen LogP contribution in [0.1, 0.15) is 0 Å². The van der Waals surface area contributed by atoms with E-state index in [-0.39, 0.29) is 211 Å². The zero-order valence-corrected chi connectivity index (χ0v) is 20.0. The van der Waals surface area contributed by atoms with Crippen LogP contribution in [0.15, 0.2) is 0 Å².